The van der Waals surface area contributed by atoms with Crippen molar-refractivity contribution in [2.75, 3.05) is 5.75 Å². The van der Waals surface area contributed by atoms with E-state index in [1.807, 2.05) is 18.2 Å². The molecule has 1 aliphatic rings. The molecule has 0 fully saturated rings. The Bertz CT molecular complexity index is 1320. The van der Waals surface area contributed by atoms with Crippen LogP contribution in [-0.2, 0) is 11.3 Å². The van der Waals surface area contributed by atoms with E-state index in [9.17, 15) is 14.0 Å². The van der Waals surface area contributed by atoms with Crippen molar-refractivity contribution in [3.05, 3.63) is 76.7 Å². The highest BCUT2D eigenvalue weighted by molar-refractivity contribution is 7.99. The van der Waals surface area contributed by atoms with E-state index in [1.54, 1.807) is 22.9 Å². The summed E-state index contributed by atoms with van der Waals surface area (Å²) in [4.78, 5) is 34.4. The number of aromatic nitrogens is 5. The minimum absolute atomic E-state index is 0.155. The lowest BCUT2D eigenvalue weighted by Gasteiger charge is -2.13. The molecule has 0 radical (unpaired) electrons. The topological polar surface area (TPSA) is 94.7 Å². The number of carbonyl (C=O) groups excluding carboxylic acids is 1. The summed E-state index contributed by atoms with van der Waals surface area (Å²) in [5, 5.41) is 8.02. The quantitative estimate of drug-likeness (QED) is 0.483. The van der Waals surface area contributed by atoms with Crippen LogP contribution < -0.4 is 10.9 Å². The summed E-state index contributed by atoms with van der Waals surface area (Å²) in [7, 11) is 0. The van der Waals surface area contributed by atoms with Crippen LogP contribution in [0.4, 0.5) is 4.39 Å². The van der Waals surface area contributed by atoms with Gasteiger partial charge in [0.25, 0.3) is 5.56 Å². The minimum atomic E-state index is -0.353. The second-order valence-corrected chi connectivity index (χ2v) is 8.09. The molecule has 0 saturated heterocycles. The highest BCUT2D eigenvalue weighted by Gasteiger charge is 2.29. The smallest absolute Gasteiger partial charge is 0.265 e. The Labute approximate surface area is 180 Å². The van der Waals surface area contributed by atoms with Crippen LogP contribution in [0.2, 0.25) is 0 Å². The molecule has 0 unspecified atom stereocenters. The van der Waals surface area contributed by atoms with Gasteiger partial charge in [0.2, 0.25) is 5.91 Å². The average molecular weight is 436 g/mol. The van der Waals surface area contributed by atoms with E-state index in [0.29, 0.717) is 34.2 Å². The molecular weight excluding hydrogens is 419 g/mol. The third kappa shape index (κ3) is 3.70. The Morgan fingerprint density at radius 1 is 1.23 bits per heavy atom. The number of carbonyl (C=O) groups is 1. The van der Waals surface area contributed by atoms with Crippen molar-refractivity contribution in [3.8, 4) is 5.69 Å². The van der Waals surface area contributed by atoms with Gasteiger partial charge in [0, 0.05) is 18.4 Å². The largest absolute Gasteiger partial charge is 0.350 e. The van der Waals surface area contributed by atoms with E-state index in [4.69, 9.17) is 0 Å². The summed E-state index contributed by atoms with van der Waals surface area (Å²) in [5.74, 6) is 0.0718. The molecule has 4 heterocycles. The first-order chi connectivity index (χ1) is 15.1. The van der Waals surface area contributed by atoms with Crippen molar-refractivity contribution in [2.24, 2.45) is 0 Å². The van der Waals surface area contributed by atoms with Gasteiger partial charge in [-0.3, -0.25) is 19.1 Å². The fourth-order valence-electron chi connectivity index (χ4n) is 3.53. The third-order valence-corrected chi connectivity index (χ3v) is 6.15. The second kappa shape index (κ2) is 7.95. The van der Waals surface area contributed by atoms with Crippen LogP contribution in [-0.4, -0.2) is 36.0 Å². The van der Waals surface area contributed by atoms with Gasteiger partial charge in [-0.25, -0.2) is 14.1 Å². The van der Waals surface area contributed by atoms with E-state index < -0.39 is 0 Å². The molecule has 156 valence electrons. The number of hydrogen-bond donors (Lipinski definition) is 1. The molecule has 1 aliphatic heterocycles. The van der Waals surface area contributed by atoms with E-state index in [0.717, 1.165) is 5.69 Å². The standard InChI is InChI=1S/C21H17FN6O2S/c22-13-4-6-15(7-5-13)28-19-17(11-25-28)20(30)27-16(12-31-21(27)26-19)9-18(29)24-10-14-3-1-2-8-23-14/h1-8,11,16H,9-10,12H2,(H,24,29)/t16-/m0/s1. The predicted octanol–water partition coefficient (Wildman–Crippen LogP) is 2.47. The number of hydrogen-bond acceptors (Lipinski definition) is 6. The highest BCUT2D eigenvalue weighted by Crippen LogP contribution is 2.33. The molecule has 3 aromatic heterocycles. The van der Waals surface area contributed by atoms with Crippen molar-refractivity contribution in [2.45, 2.75) is 24.2 Å². The summed E-state index contributed by atoms with van der Waals surface area (Å²) in [6, 6.07) is 11.0. The zero-order valence-corrected chi connectivity index (χ0v) is 17.1. The number of amides is 1. The van der Waals surface area contributed by atoms with Crippen molar-refractivity contribution in [1.82, 2.24) is 29.6 Å². The number of pyridine rings is 1. The van der Waals surface area contributed by atoms with Gasteiger partial charge in [-0.05, 0) is 36.4 Å². The molecule has 10 heteroatoms. The molecule has 0 bridgehead atoms. The maximum absolute atomic E-state index is 13.2. The fraction of sp³-hybridized carbons (Fsp3) is 0.190. The maximum Gasteiger partial charge on any atom is 0.265 e. The Hall–Kier alpha value is -3.53. The monoisotopic (exact) mass is 436 g/mol. The summed E-state index contributed by atoms with van der Waals surface area (Å²) in [5.41, 5.74) is 1.56. The van der Waals surface area contributed by atoms with Crippen LogP contribution in [0.15, 0.2) is 64.8 Å². The number of rotatable bonds is 5. The fourth-order valence-corrected chi connectivity index (χ4v) is 4.66. The van der Waals surface area contributed by atoms with Gasteiger partial charge in [0.1, 0.15) is 11.2 Å². The Kier molecular flexibility index (Phi) is 4.99. The molecule has 0 aliphatic carbocycles. The van der Waals surface area contributed by atoms with Crippen molar-refractivity contribution in [1.29, 1.82) is 0 Å². The molecule has 4 aromatic rings. The number of nitrogens with zero attached hydrogens (tertiary/aromatic N) is 5. The van der Waals surface area contributed by atoms with Crippen LogP contribution in [0.25, 0.3) is 16.7 Å². The first-order valence-electron chi connectivity index (χ1n) is 9.66. The van der Waals surface area contributed by atoms with Gasteiger partial charge in [0.05, 0.1) is 30.2 Å². The van der Waals surface area contributed by atoms with Crippen molar-refractivity contribution >= 4 is 28.7 Å². The summed E-state index contributed by atoms with van der Waals surface area (Å²) in [6.07, 6.45) is 3.31. The number of nitrogens with one attached hydrogen (secondary N) is 1. The molecule has 0 spiro atoms. The number of benzene rings is 1. The van der Waals surface area contributed by atoms with Crippen LogP contribution in [0.3, 0.4) is 0 Å². The molecule has 5 rings (SSSR count). The van der Waals surface area contributed by atoms with Gasteiger partial charge in [-0.15, -0.1) is 0 Å². The van der Waals surface area contributed by atoms with Gasteiger partial charge in [0.15, 0.2) is 10.8 Å². The lowest BCUT2D eigenvalue weighted by molar-refractivity contribution is -0.121. The zero-order chi connectivity index (χ0) is 21.4. The molecule has 1 amide bonds. The lowest BCUT2D eigenvalue weighted by atomic mass is 10.2. The molecule has 8 nitrogen and oxygen atoms in total. The molecule has 0 saturated carbocycles. The van der Waals surface area contributed by atoms with E-state index in [2.05, 4.69) is 20.4 Å². The van der Waals surface area contributed by atoms with Crippen LogP contribution >= 0.6 is 11.8 Å². The molecule has 31 heavy (non-hydrogen) atoms. The Morgan fingerprint density at radius 2 is 2.06 bits per heavy atom. The number of halogens is 1. The Balaban J connectivity index is 1.39. The summed E-state index contributed by atoms with van der Waals surface area (Å²) in [6.45, 7) is 0.336. The summed E-state index contributed by atoms with van der Waals surface area (Å²) >= 11 is 1.43. The van der Waals surface area contributed by atoms with Gasteiger partial charge in [-0.2, -0.15) is 5.10 Å². The minimum Gasteiger partial charge on any atom is -0.350 e. The lowest BCUT2D eigenvalue weighted by Crippen LogP contribution is -2.30. The normalized spacial score (nSPS) is 15.2. The first kappa shape index (κ1) is 19.4. The van der Waals surface area contributed by atoms with Crippen LogP contribution in [0.5, 0.6) is 0 Å². The van der Waals surface area contributed by atoms with Crippen LogP contribution in [0, 0.1) is 5.82 Å². The van der Waals surface area contributed by atoms with Gasteiger partial charge >= 0.3 is 0 Å². The molecule has 1 N–H and O–H groups in total. The second-order valence-electron chi connectivity index (χ2n) is 7.11. The number of thioether (sulfide) groups is 1. The Morgan fingerprint density at radius 3 is 2.84 bits per heavy atom. The van der Waals surface area contributed by atoms with E-state index in [1.165, 1.54) is 34.8 Å². The third-order valence-electron chi connectivity index (χ3n) is 5.06. The average Bonchev–Trinajstić information content (AvgIpc) is 3.39. The van der Waals surface area contributed by atoms with E-state index >= 15 is 0 Å². The molecule has 1 aromatic carbocycles. The zero-order valence-electron chi connectivity index (χ0n) is 16.2. The summed E-state index contributed by atoms with van der Waals surface area (Å²) < 4.78 is 16.3. The van der Waals surface area contributed by atoms with Crippen LogP contribution in [0.1, 0.15) is 18.2 Å². The molecule has 1 atom stereocenters. The maximum atomic E-state index is 13.2. The van der Waals surface area contributed by atoms with Gasteiger partial charge < -0.3 is 5.32 Å². The highest BCUT2D eigenvalue weighted by atomic mass is 32.2. The van der Waals surface area contributed by atoms with Crippen molar-refractivity contribution < 1.29 is 9.18 Å². The number of fused-ring (bicyclic) bond motifs is 2. The van der Waals surface area contributed by atoms with Crippen molar-refractivity contribution in [3.63, 3.8) is 0 Å². The SMILES string of the molecule is O=C(C[C@H]1CSc2nc3c(cnn3-c3ccc(F)cc3)c(=O)n21)NCc1ccccn1. The first-order valence-corrected chi connectivity index (χ1v) is 10.6. The van der Waals surface area contributed by atoms with E-state index in [-0.39, 0.29) is 29.7 Å². The predicted molar refractivity (Wildman–Crippen MR) is 114 cm³/mol. The van der Waals surface area contributed by atoms with Gasteiger partial charge in [-0.1, -0.05) is 17.8 Å². The molecular formula is C21H17FN6O2S.